The van der Waals surface area contributed by atoms with Gasteiger partial charge in [-0.3, -0.25) is 4.98 Å². The molecule has 144 valence electrons. The van der Waals surface area contributed by atoms with Crippen LogP contribution in [0.1, 0.15) is 79.0 Å². The average Bonchev–Trinajstić information content (AvgIpc) is 2.78. The minimum atomic E-state index is 0.102. The van der Waals surface area contributed by atoms with Crippen molar-refractivity contribution in [3.8, 4) is 11.3 Å². The van der Waals surface area contributed by atoms with Crippen molar-refractivity contribution in [1.82, 2.24) is 4.98 Å². The molecule has 0 radical (unpaired) electrons. The lowest BCUT2D eigenvalue weighted by molar-refractivity contribution is -0.0105. The van der Waals surface area contributed by atoms with Gasteiger partial charge in [-0.05, 0) is 78.5 Å². The molecule has 1 nitrogen and oxygen atoms in total. The Balaban J connectivity index is 2.12. The highest BCUT2D eigenvalue weighted by molar-refractivity contribution is 9.10. The lowest BCUT2D eigenvalue weighted by atomic mass is 9.47. The Morgan fingerprint density at radius 2 is 1.22 bits per heavy atom. The van der Waals surface area contributed by atoms with Crippen molar-refractivity contribution in [2.75, 3.05) is 0 Å². The summed E-state index contributed by atoms with van der Waals surface area (Å²) in [7, 11) is 0. The number of pyridine rings is 1. The van der Waals surface area contributed by atoms with Crippen molar-refractivity contribution >= 4 is 15.9 Å². The second-order valence-electron chi connectivity index (χ2n) is 10.9. The molecule has 0 aliphatic heterocycles. The maximum absolute atomic E-state index is 4.70. The van der Waals surface area contributed by atoms with E-state index in [1.54, 1.807) is 5.56 Å². The van der Waals surface area contributed by atoms with Gasteiger partial charge in [0.1, 0.15) is 0 Å². The normalized spacial score (nSPS) is 24.7. The highest BCUT2D eigenvalue weighted by Crippen LogP contribution is 2.76. The summed E-state index contributed by atoms with van der Waals surface area (Å²) in [6, 6.07) is 9.07. The van der Waals surface area contributed by atoms with Gasteiger partial charge in [-0.2, -0.15) is 0 Å². The van der Waals surface area contributed by atoms with Crippen molar-refractivity contribution in [2.45, 2.75) is 78.6 Å². The molecule has 1 aromatic heterocycles. The van der Waals surface area contributed by atoms with E-state index >= 15 is 0 Å². The summed E-state index contributed by atoms with van der Waals surface area (Å²) in [6.07, 6.45) is 1.90. The van der Waals surface area contributed by atoms with Gasteiger partial charge in [0.05, 0.1) is 5.69 Å². The summed E-state index contributed by atoms with van der Waals surface area (Å²) >= 11 is 3.51. The van der Waals surface area contributed by atoms with Gasteiger partial charge in [-0.15, -0.1) is 0 Å². The van der Waals surface area contributed by atoms with E-state index in [0.717, 1.165) is 10.2 Å². The van der Waals surface area contributed by atoms with Gasteiger partial charge in [0.25, 0.3) is 0 Å². The Hall–Kier alpha value is -1.15. The van der Waals surface area contributed by atoms with Crippen LogP contribution < -0.4 is 0 Å². The predicted molar refractivity (Wildman–Crippen MR) is 118 cm³/mol. The van der Waals surface area contributed by atoms with Crippen molar-refractivity contribution in [3.05, 3.63) is 51.6 Å². The van der Waals surface area contributed by atoms with E-state index in [1.807, 2.05) is 6.20 Å². The molecular formula is C25H32BrN. The summed E-state index contributed by atoms with van der Waals surface area (Å²) in [5.74, 6) is 0. The third-order valence-corrected chi connectivity index (χ3v) is 10.1. The van der Waals surface area contributed by atoms with Crippen LogP contribution in [-0.2, 0) is 16.2 Å². The first-order valence-electron chi connectivity index (χ1n) is 10.0. The van der Waals surface area contributed by atoms with Crippen LogP contribution in [0.4, 0.5) is 0 Å². The highest BCUT2D eigenvalue weighted by Gasteiger charge is 2.72. The topological polar surface area (TPSA) is 12.9 Å². The van der Waals surface area contributed by atoms with Gasteiger partial charge >= 0.3 is 0 Å². The number of hydrogen-bond donors (Lipinski definition) is 0. The maximum atomic E-state index is 4.70. The average molecular weight is 426 g/mol. The number of rotatable bonds is 1. The van der Waals surface area contributed by atoms with E-state index in [2.05, 4.69) is 103 Å². The molecule has 0 spiro atoms. The first kappa shape index (κ1) is 19.2. The second-order valence-corrected chi connectivity index (χ2v) is 11.8. The van der Waals surface area contributed by atoms with Gasteiger partial charge in [-0.1, -0.05) is 62.3 Å². The molecule has 27 heavy (non-hydrogen) atoms. The summed E-state index contributed by atoms with van der Waals surface area (Å²) in [5, 5.41) is 0. The van der Waals surface area contributed by atoms with Gasteiger partial charge < -0.3 is 0 Å². The van der Waals surface area contributed by atoms with Gasteiger partial charge in [0.15, 0.2) is 0 Å². The van der Waals surface area contributed by atoms with Crippen LogP contribution in [0.15, 0.2) is 34.9 Å². The summed E-state index contributed by atoms with van der Waals surface area (Å²) < 4.78 is 1.02. The molecule has 0 atom stereocenters. The molecule has 0 fully saturated rings. The smallest absolute Gasteiger partial charge is 0.0703 e. The zero-order chi connectivity index (χ0) is 20.2. The number of aromatic nitrogens is 1. The minimum Gasteiger partial charge on any atom is -0.255 e. The van der Waals surface area contributed by atoms with E-state index < -0.39 is 0 Å². The van der Waals surface area contributed by atoms with E-state index in [4.69, 9.17) is 4.98 Å². The maximum Gasteiger partial charge on any atom is 0.0703 e. The molecule has 2 aliphatic rings. The fraction of sp³-hybridized carbons (Fsp3) is 0.560. The van der Waals surface area contributed by atoms with E-state index in [1.165, 1.54) is 16.7 Å². The summed E-state index contributed by atoms with van der Waals surface area (Å²) in [5.41, 5.74) is 7.58. The third kappa shape index (κ3) is 1.89. The number of hydrogen-bond acceptors (Lipinski definition) is 1. The Kier molecular flexibility index (Phi) is 3.59. The molecule has 1 heterocycles. The first-order valence-corrected chi connectivity index (χ1v) is 10.8. The summed E-state index contributed by atoms with van der Waals surface area (Å²) in [6.45, 7) is 22.2. The molecule has 0 amide bonds. The monoisotopic (exact) mass is 425 g/mol. The van der Waals surface area contributed by atoms with Crippen LogP contribution in [0.5, 0.6) is 0 Å². The molecule has 1 aromatic carbocycles. The Morgan fingerprint density at radius 1 is 0.741 bits per heavy atom. The first-order chi connectivity index (χ1) is 12.2. The van der Waals surface area contributed by atoms with Crippen LogP contribution in [0.25, 0.3) is 11.3 Å². The van der Waals surface area contributed by atoms with E-state index in [0.29, 0.717) is 0 Å². The van der Waals surface area contributed by atoms with Gasteiger partial charge in [0.2, 0.25) is 0 Å². The fourth-order valence-electron chi connectivity index (χ4n) is 6.19. The highest BCUT2D eigenvalue weighted by atomic mass is 79.9. The number of nitrogens with zero attached hydrogens (tertiary/aromatic N) is 1. The quantitative estimate of drug-likeness (QED) is 0.463. The predicted octanol–water partition coefficient (Wildman–Crippen LogP) is 7.40. The summed E-state index contributed by atoms with van der Waals surface area (Å²) in [4.78, 5) is 4.70. The molecule has 2 heteroatoms. The molecule has 2 aromatic rings. The SMILES string of the molecule is CC1(C)c2cc(-c3ccc(Br)cn3)cc3c2C(C)(C1(C)C)C(C)(C)C3(C)C. The molecule has 2 aliphatic carbocycles. The fourth-order valence-corrected chi connectivity index (χ4v) is 6.43. The molecule has 0 N–H and O–H groups in total. The van der Waals surface area contributed by atoms with Crippen LogP contribution in [0.3, 0.4) is 0 Å². The minimum absolute atomic E-state index is 0.102. The molecule has 4 rings (SSSR count). The van der Waals surface area contributed by atoms with Crippen molar-refractivity contribution < 1.29 is 0 Å². The van der Waals surface area contributed by atoms with Crippen molar-refractivity contribution in [3.63, 3.8) is 0 Å². The molecule has 0 saturated heterocycles. The zero-order valence-electron chi connectivity index (χ0n) is 18.2. The van der Waals surface area contributed by atoms with Crippen LogP contribution in [-0.4, -0.2) is 4.98 Å². The zero-order valence-corrected chi connectivity index (χ0v) is 19.8. The third-order valence-electron chi connectivity index (χ3n) is 9.63. The van der Waals surface area contributed by atoms with E-state index in [9.17, 15) is 0 Å². The molecule has 0 saturated carbocycles. The van der Waals surface area contributed by atoms with Crippen molar-refractivity contribution in [1.29, 1.82) is 0 Å². The number of halogens is 1. The van der Waals surface area contributed by atoms with Gasteiger partial charge in [0, 0.05) is 21.6 Å². The standard InChI is InChI=1S/C25H32BrN/c1-21(2)17-12-15(19-11-10-16(26)14-27-19)13-18-20(17)25(9,23(21,5)6)24(7,8)22(18,3)4/h10-14H,1-9H3. The van der Waals surface area contributed by atoms with Crippen LogP contribution in [0.2, 0.25) is 0 Å². The Labute approximate surface area is 173 Å². The van der Waals surface area contributed by atoms with E-state index in [-0.39, 0.29) is 27.1 Å². The number of benzene rings is 1. The lowest BCUT2D eigenvalue weighted by Crippen LogP contribution is -2.55. The van der Waals surface area contributed by atoms with Crippen LogP contribution in [0, 0.1) is 10.8 Å². The molecular weight excluding hydrogens is 394 g/mol. The van der Waals surface area contributed by atoms with Crippen molar-refractivity contribution in [2.24, 2.45) is 10.8 Å². The molecule has 0 bridgehead atoms. The van der Waals surface area contributed by atoms with Gasteiger partial charge in [-0.25, -0.2) is 0 Å². The lowest BCUT2D eigenvalue weighted by Gasteiger charge is -2.56. The van der Waals surface area contributed by atoms with Crippen LogP contribution >= 0.6 is 15.9 Å². The second kappa shape index (κ2) is 5.06. The largest absolute Gasteiger partial charge is 0.255 e. The Bertz CT molecular complexity index is 896. The Morgan fingerprint density at radius 3 is 1.63 bits per heavy atom. The molecule has 0 unspecified atom stereocenters.